The fourth-order valence-electron chi connectivity index (χ4n) is 1.58. The second-order valence-corrected chi connectivity index (χ2v) is 3.63. The summed E-state index contributed by atoms with van der Waals surface area (Å²) >= 11 is 0. The molecule has 2 aromatic heterocycles. The van der Waals surface area contributed by atoms with Crippen LogP contribution in [0.2, 0.25) is 0 Å². The van der Waals surface area contributed by atoms with Crippen molar-refractivity contribution in [2.24, 2.45) is 5.73 Å². The third kappa shape index (κ3) is 2.65. The van der Waals surface area contributed by atoms with E-state index in [9.17, 15) is 9.59 Å². The smallest absolute Gasteiger partial charge is 0.278 e. The first kappa shape index (κ1) is 12.9. The summed E-state index contributed by atoms with van der Waals surface area (Å²) in [6, 6.07) is 0. The van der Waals surface area contributed by atoms with Gasteiger partial charge in [-0.05, 0) is 6.42 Å². The van der Waals surface area contributed by atoms with Gasteiger partial charge in [-0.3, -0.25) is 14.4 Å². The molecular weight excluding hydrogens is 252 g/mol. The average molecular weight is 264 g/mol. The average Bonchev–Trinajstić information content (AvgIpc) is 2.85. The third-order valence-corrected chi connectivity index (χ3v) is 2.36. The molecule has 9 heteroatoms. The summed E-state index contributed by atoms with van der Waals surface area (Å²) in [4.78, 5) is 35.0. The monoisotopic (exact) mass is 264 g/mol. The van der Waals surface area contributed by atoms with Crippen LogP contribution in [-0.4, -0.2) is 38.0 Å². The van der Waals surface area contributed by atoms with Crippen molar-refractivity contribution in [2.45, 2.75) is 13.3 Å². The first-order valence-electron chi connectivity index (χ1n) is 5.51. The molecule has 0 radical (unpaired) electrons. The van der Waals surface area contributed by atoms with Gasteiger partial charge in [0.25, 0.3) is 11.7 Å². The fraction of sp³-hybridized carbons (Fsp3) is 0.300. The van der Waals surface area contributed by atoms with Gasteiger partial charge < -0.3 is 5.73 Å². The van der Waals surface area contributed by atoms with Crippen LogP contribution in [0.1, 0.15) is 23.0 Å². The fourth-order valence-corrected chi connectivity index (χ4v) is 1.58. The highest BCUT2D eigenvalue weighted by Gasteiger charge is 2.15. The van der Waals surface area contributed by atoms with Crippen molar-refractivity contribution in [2.75, 3.05) is 6.61 Å². The molecule has 0 unspecified atom stereocenters. The zero-order valence-electron chi connectivity index (χ0n) is 10.2. The van der Waals surface area contributed by atoms with E-state index in [-0.39, 0.29) is 0 Å². The third-order valence-electron chi connectivity index (χ3n) is 2.36. The van der Waals surface area contributed by atoms with Crippen LogP contribution in [0, 0.1) is 0 Å². The Kier molecular flexibility index (Phi) is 3.66. The van der Waals surface area contributed by atoms with E-state index in [1.165, 1.54) is 17.0 Å². The van der Waals surface area contributed by atoms with E-state index < -0.39 is 18.4 Å². The molecule has 19 heavy (non-hydrogen) atoms. The lowest BCUT2D eigenvalue weighted by molar-refractivity contribution is -0.124. The Balaban J connectivity index is 2.23. The number of aryl methyl sites for hydroxylation is 1. The number of carbonyl (C=O) groups is 2. The molecule has 2 amide bonds. The van der Waals surface area contributed by atoms with Gasteiger partial charge in [0, 0.05) is 6.20 Å². The maximum absolute atomic E-state index is 11.9. The predicted molar refractivity (Wildman–Crippen MR) is 62.8 cm³/mol. The number of hydrogen-bond donors (Lipinski definition) is 2. The molecule has 0 aliphatic heterocycles. The molecule has 9 nitrogen and oxygen atoms in total. The first-order valence-corrected chi connectivity index (χ1v) is 5.51. The minimum Gasteiger partial charge on any atom is -0.368 e. The lowest BCUT2D eigenvalue weighted by Crippen LogP contribution is -2.30. The topological polar surface area (TPSA) is 124 Å². The number of primary amides is 1. The van der Waals surface area contributed by atoms with Crippen LogP contribution < -0.4 is 11.2 Å². The van der Waals surface area contributed by atoms with Crippen LogP contribution >= 0.6 is 0 Å². The van der Waals surface area contributed by atoms with Crippen LogP contribution in [0.25, 0.3) is 5.78 Å². The maximum Gasteiger partial charge on any atom is 0.278 e. The molecule has 0 atom stereocenters. The Bertz CT molecular complexity index is 623. The lowest BCUT2D eigenvalue weighted by atomic mass is 10.2. The molecule has 2 aromatic rings. The maximum atomic E-state index is 11.9. The van der Waals surface area contributed by atoms with E-state index in [1.54, 1.807) is 0 Å². The van der Waals surface area contributed by atoms with Crippen molar-refractivity contribution in [1.82, 2.24) is 25.1 Å². The van der Waals surface area contributed by atoms with E-state index >= 15 is 0 Å². The molecule has 3 N–H and O–H groups in total. The number of hydrogen-bond acceptors (Lipinski definition) is 6. The van der Waals surface area contributed by atoms with E-state index in [0.29, 0.717) is 23.5 Å². The number of hydroxylamine groups is 1. The quantitative estimate of drug-likeness (QED) is 0.656. The molecule has 0 spiro atoms. The largest absolute Gasteiger partial charge is 0.368 e. The number of fused-ring (bicyclic) bond motifs is 1. The Hall–Kier alpha value is -2.55. The Morgan fingerprint density at radius 3 is 2.95 bits per heavy atom. The molecule has 2 rings (SSSR count). The summed E-state index contributed by atoms with van der Waals surface area (Å²) in [5.74, 6) is -0.796. The molecule has 0 aliphatic rings. The van der Waals surface area contributed by atoms with Crippen molar-refractivity contribution in [1.29, 1.82) is 0 Å². The highest BCUT2D eigenvalue weighted by molar-refractivity contribution is 5.94. The standard InChI is InChI=1S/C10H12N6O3/c1-2-7-6(9(18)15-19-4-8(11)17)3-12-10-13-5-14-16(7)10/h3,5H,2,4H2,1H3,(H2,11,17)(H,15,18). The first-order chi connectivity index (χ1) is 9.13. The Labute approximate surface area is 107 Å². The number of amides is 2. The molecule has 0 bridgehead atoms. The number of nitrogens with two attached hydrogens (primary N) is 1. The van der Waals surface area contributed by atoms with E-state index in [2.05, 4.69) is 25.4 Å². The van der Waals surface area contributed by atoms with Gasteiger partial charge in [0.15, 0.2) is 6.61 Å². The summed E-state index contributed by atoms with van der Waals surface area (Å²) in [5, 5.41) is 3.99. The number of nitrogens with one attached hydrogen (secondary N) is 1. The molecule has 0 saturated carbocycles. The van der Waals surface area contributed by atoms with Crippen LogP contribution in [0.5, 0.6) is 0 Å². The summed E-state index contributed by atoms with van der Waals surface area (Å²) in [6.45, 7) is 1.48. The van der Waals surface area contributed by atoms with Gasteiger partial charge in [-0.2, -0.15) is 10.1 Å². The van der Waals surface area contributed by atoms with E-state index in [0.717, 1.165) is 0 Å². The molecule has 0 saturated heterocycles. The molecule has 0 fully saturated rings. The molecular formula is C10H12N6O3. The minimum absolute atomic E-state index is 0.296. The van der Waals surface area contributed by atoms with Crippen molar-refractivity contribution in [3.63, 3.8) is 0 Å². The SMILES string of the molecule is CCc1c(C(=O)NOCC(N)=O)cnc2ncnn12. The van der Waals surface area contributed by atoms with Crippen molar-refractivity contribution >= 4 is 17.6 Å². The number of carbonyl (C=O) groups excluding carboxylic acids is 2. The van der Waals surface area contributed by atoms with Gasteiger partial charge in [0.05, 0.1) is 11.3 Å². The van der Waals surface area contributed by atoms with E-state index in [1.807, 2.05) is 6.92 Å². The van der Waals surface area contributed by atoms with Crippen molar-refractivity contribution < 1.29 is 14.4 Å². The zero-order valence-corrected chi connectivity index (χ0v) is 10.2. The van der Waals surface area contributed by atoms with Crippen molar-refractivity contribution in [3.8, 4) is 0 Å². The van der Waals surface area contributed by atoms with Crippen molar-refractivity contribution in [3.05, 3.63) is 23.8 Å². The van der Waals surface area contributed by atoms with E-state index in [4.69, 9.17) is 5.73 Å². The normalized spacial score (nSPS) is 10.6. The number of aromatic nitrogens is 4. The van der Waals surface area contributed by atoms with Crippen LogP contribution in [0.3, 0.4) is 0 Å². The van der Waals surface area contributed by atoms with Gasteiger partial charge in [0.1, 0.15) is 6.33 Å². The number of nitrogens with zero attached hydrogens (tertiary/aromatic N) is 4. The summed E-state index contributed by atoms with van der Waals surface area (Å²) in [6.07, 6.45) is 3.29. The van der Waals surface area contributed by atoms with Gasteiger partial charge in [0.2, 0.25) is 5.91 Å². The second kappa shape index (κ2) is 5.40. The second-order valence-electron chi connectivity index (χ2n) is 3.63. The van der Waals surface area contributed by atoms with Gasteiger partial charge >= 0.3 is 0 Å². The Morgan fingerprint density at radius 1 is 1.47 bits per heavy atom. The van der Waals surface area contributed by atoms with Gasteiger partial charge in [-0.15, -0.1) is 0 Å². The minimum atomic E-state index is -0.680. The molecule has 100 valence electrons. The molecule has 0 aliphatic carbocycles. The lowest BCUT2D eigenvalue weighted by Gasteiger charge is -2.08. The summed E-state index contributed by atoms with van der Waals surface area (Å²) < 4.78 is 1.48. The summed E-state index contributed by atoms with van der Waals surface area (Å²) in [7, 11) is 0. The predicted octanol–water partition coefficient (Wildman–Crippen LogP) is -1.17. The van der Waals surface area contributed by atoms with Gasteiger partial charge in [-0.1, -0.05) is 6.92 Å². The zero-order chi connectivity index (χ0) is 13.8. The number of rotatable bonds is 5. The van der Waals surface area contributed by atoms with Crippen LogP contribution in [0.15, 0.2) is 12.5 Å². The summed E-state index contributed by atoms with van der Waals surface area (Å²) in [5.41, 5.74) is 7.94. The highest BCUT2D eigenvalue weighted by Crippen LogP contribution is 2.09. The molecule has 2 heterocycles. The Morgan fingerprint density at radius 2 is 2.26 bits per heavy atom. The molecule has 0 aromatic carbocycles. The van der Waals surface area contributed by atoms with Gasteiger partial charge in [-0.25, -0.2) is 15.0 Å². The van der Waals surface area contributed by atoms with Crippen LogP contribution in [-0.2, 0) is 16.1 Å². The van der Waals surface area contributed by atoms with Crippen LogP contribution in [0.4, 0.5) is 0 Å². The highest BCUT2D eigenvalue weighted by atomic mass is 16.7.